The van der Waals surface area contributed by atoms with Crippen LogP contribution in [-0.2, 0) is 4.79 Å². The molecule has 0 aromatic heterocycles. The zero-order valence-corrected chi connectivity index (χ0v) is 15.9. The lowest BCUT2D eigenvalue weighted by Crippen LogP contribution is -2.35. The number of thioether (sulfide) groups is 1. The fraction of sp³-hybridized carbons (Fsp3) is 0.316. The maximum Gasteiger partial charge on any atom is 0.233 e. The Balaban J connectivity index is 1.74. The first kappa shape index (κ1) is 19.5. The molecule has 2 aromatic carbocycles. The first-order valence-corrected chi connectivity index (χ1v) is 9.35. The number of nitrogens with one attached hydrogen (secondary N) is 1. The molecule has 0 fully saturated rings. The summed E-state index contributed by atoms with van der Waals surface area (Å²) < 4.78 is 10.7. The Bertz CT molecular complexity index is 661. The van der Waals surface area contributed by atoms with Crippen LogP contribution in [0.15, 0.2) is 53.4 Å². The van der Waals surface area contributed by atoms with Gasteiger partial charge >= 0.3 is 0 Å². The molecule has 0 bridgehead atoms. The molecule has 2 aromatic rings. The van der Waals surface area contributed by atoms with E-state index in [4.69, 9.17) is 21.1 Å². The summed E-state index contributed by atoms with van der Waals surface area (Å²) in [4.78, 5) is 13.3. The number of carbonyl (C=O) groups excluding carboxylic acids is 1. The maximum atomic E-state index is 12.3. The second kappa shape index (κ2) is 10.2. The molecule has 6 heteroatoms. The van der Waals surface area contributed by atoms with E-state index < -0.39 is 0 Å². The van der Waals surface area contributed by atoms with Crippen molar-refractivity contribution in [2.24, 2.45) is 0 Å². The molecule has 0 aliphatic carbocycles. The van der Waals surface area contributed by atoms with Gasteiger partial charge in [-0.3, -0.25) is 4.79 Å². The topological polar surface area (TPSA) is 47.6 Å². The highest BCUT2D eigenvalue weighted by Gasteiger charge is 2.17. The van der Waals surface area contributed by atoms with E-state index in [1.54, 1.807) is 7.11 Å². The average molecular weight is 380 g/mol. The predicted molar refractivity (Wildman–Crippen MR) is 103 cm³/mol. The zero-order valence-electron chi connectivity index (χ0n) is 14.3. The van der Waals surface area contributed by atoms with Crippen molar-refractivity contribution in [3.05, 3.63) is 53.6 Å². The van der Waals surface area contributed by atoms with Crippen LogP contribution in [-0.4, -0.2) is 31.4 Å². The van der Waals surface area contributed by atoms with Crippen LogP contribution in [0.2, 0.25) is 5.02 Å². The molecule has 0 heterocycles. The van der Waals surface area contributed by atoms with Crippen LogP contribution in [0, 0.1) is 0 Å². The van der Waals surface area contributed by atoms with Crippen molar-refractivity contribution in [1.29, 1.82) is 0 Å². The van der Waals surface area contributed by atoms with Gasteiger partial charge in [0.1, 0.15) is 18.1 Å². The van der Waals surface area contributed by atoms with Crippen molar-refractivity contribution in [1.82, 2.24) is 5.32 Å². The van der Waals surface area contributed by atoms with Gasteiger partial charge in [0.25, 0.3) is 0 Å². The minimum atomic E-state index is -0.137. The Kier molecular flexibility index (Phi) is 7.95. The van der Waals surface area contributed by atoms with Crippen molar-refractivity contribution >= 4 is 29.3 Å². The average Bonchev–Trinajstić information content (AvgIpc) is 2.65. The Morgan fingerprint density at radius 3 is 2.36 bits per heavy atom. The van der Waals surface area contributed by atoms with E-state index in [2.05, 4.69) is 5.32 Å². The maximum absolute atomic E-state index is 12.3. The summed E-state index contributed by atoms with van der Waals surface area (Å²) in [5.74, 6) is 1.55. The molecule has 0 aliphatic rings. The van der Waals surface area contributed by atoms with E-state index in [1.165, 1.54) is 11.8 Å². The molecule has 0 saturated carbocycles. The summed E-state index contributed by atoms with van der Waals surface area (Å²) in [5.41, 5.74) is 0. The fourth-order valence-corrected chi connectivity index (χ4v) is 3.23. The lowest BCUT2D eigenvalue weighted by atomic mass is 10.3. The van der Waals surface area contributed by atoms with Gasteiger partial charge in [-0.1, -0.05) is 18.5 Å². The van der Waals surface area contributed by atoms with Crippen molar-refractivity contribution < 1.29 is 14.3 Å². The molecule has 0 radical (unpaired) electrons. The molecular weight excluding hydrogens is 358 g/mol. The van der Waals surface area contributed by atoms with Crippen LogP contribution in [0.1, 0.15) is 13.3 Å². The standard InChI is InChI=1S/C19H22ClNO3S/c1-3-18(25-17-10-4-14(20)5-11-17)19(22)21-12-13-24-16-8-6-15(23-2)7-9-16/h4-11,18H,3,12-13H2,1-2H3,(H,21,22)/t18-/m0/s1. The number of hydrogen-bond donors (Lipinski definition) is 1. The summed E-state index contributed by atoms with van der Waals surface area (Å²) >= 11 is 7.43. The van der Waals surface area contributed by atoms with Gasteiger partial charge in [-0.25, -0.2) is 0 Å². The van der Waals surface area contributed by atoms with Crippen LogP contribution < -0.4 is 14.8 Å². The lowest BCUT2D eigenvalue weighted by molar-refractivity contribution is -0.120. The largest absolute Gasteiger partial charge is 0.497 e. The minimum Gasteiger partial charge on any atom is -0.497 e. The molecule has 1 atom stereocenters. The third-order valence-electron chi connectivity index (χ3n) is 3.48. The Morgan fingerprint density at radius 2 is 1.76 bits per heavy atom. The van der Waals surface area contributed by atoms with Gasteiger partial charge in [-0.2, -0.15) is 0 Å². The molecule has 0 unspecified atom stereocenters. The Hall–Kier alpha value is -1.85. The predicted octanol–water partition coefficient (Wildman–Crippen LogP) is 4.41. The SMILES string of the molecule is CC[C@H](Sc1ccc(Cl)cc1)C(=O)NCCOc1ccc(OC)cc1. The van der Waals surface area contributed by atoms with E-state index in [0.717, 1.165) is 22.8 Å². The van der Waals surface area contributed by atoms with Gasteiger partial charge < -0.3 is 14.8 Å². The highest BCUT2D eigenvalue weighted by molar-refractivity contribution is 8.00. The molecular formula is C19H22ClNO3S. The van der Waals surface area contributed by atoms with Crippen LogP contribution >= 0.6 is 23.4 Å². The van der Waals surface area contributed by atoms with Crippen molar-refractivity contribution in [3.63, 3.8) is 0 Å². The van der Waals surface area contributed by atoms with E-state index in [1.807, 2.05) is 55.5 Å². The number of methoxy groups -OCH3 is 1. The Morgan fingerprint density at radius 1 is 1.12 bits per heavy atom. The van der Waals surface area contributed by atoms with Gasteiger partial charge in [0, 0.05) is 9.92 Å². The highest BCUT2D eigenvalue weighted by Crippen LogP contribution is 2.26. The number of amides is 1. The van der Waals surface area contributed by atoms with Crippen molar-refractivity contribution in [2.75, 3.05) is 20.3 Å². The highest BCUT2D eigenvalue weighted by atomic mass is 35.5. The number of halogens is 1. The molecule has 1 amide bonds. The van der Waals surface area contributed by atoms with Crippen LogP contribution in [0.3, 0.4) is 0 Å². The summed E-state index contributed by atoms with van der Waals surface area (Å²) in [6.45, 7) is 2.88. The summed E-state index contributed by atoms with van der Waals surface area (Å²) in [6, 6.07) is 14.9. The van der Waals surface area contributed by atoms with E-state index in [-0.39, 0.29) is 11.2 Å². The zero-order chi connectivity index (χ0) is 18.1. The van der Waals surface area contributed by atoms with Crippen LogP contribution in [0.25, 0.3) is 0 Å². The third-order valence-corrected chi connectivity index (χ3v) is 5.11. The van der Waals surface area contributed by atoms with Gasteiger partial charge in [-0.15, -0.1) is 11.8 Å². The summed E-state index contributed by atoms with van der Waals surface area (Å²) in [6.07, 6.45) is 0.748. The lowest BCUT2D eigenvalue weighted by Gasteiger charge is -2.15. The van der Waals surface area contributed by atoms with Crippen LogP contribution in [0.4, 0.5) is 0 Å². The van der Waals surface area contributed by atoms with Gasteiger partial charge in [0.2, 0.25) is 5.91 Å². The normalized spacial score (nSPS) is 11.6. The first-order valence-electron chi connectivity index (χ1n) is 8.09. The molecule has 2 rings (SSSR count). The second-order valence-corrected chi connectivity index (χ2v) is 7.00. The summed E-state index contributed by atoms with van der Waals surface area (Å²) in [5, 5.41) is 3.48. The minimum absolute atomic E-state index is 0.0146. The first-order chi connectivity index (χ1) is 12.1. The van der Waals surface area contributed by atoms with Crippen molar-refractivity contribution in [3.8, 4) is 11.5 Å². The molecule has 25 heavy (non-hydrogen) atoms. The number of ether oxygens (including phenoxy) is 2. The molecule has 1 N–H and O–H groups in total. The molecule has 134 valence electrons. The third kappa shape index (κ3) is 6.52. The molecule has 4 nitrogen and oxygen atoms in total. The van der Waals surface area contributed by atoms with E-state index in [9.17, 15) is 4.79 Å². The monoisotopic (exact) mass is 379 g/mol. The second-order valence-electron chi connectivity index (χ2n) is 5.28. The molecule has 0 spiro atoms. The van der Waals surface area contributed by atoms with E-state index in [0.29, 0.717) is 18.2 Å². The molecule has 0 aliphatic heterocycles. The number of benzene rings is 2. The smallest absolute Gasteiger partial charge is 0.233 e. The van der Waals surface area contributed by atoms with Crippen molar-refractivity contribution in [2.45, 2.75) is 23.5 Å². The fourth-order valence-electron chi connectivity index (χ4n) is 2.13. The number of hydrogen-bond acceptors (Lipinski definition) is 4. The van der Waals surface area contributed by atoms with E-state index >= 15 is 0 Å². The number of carbonyl (C=O) groups is 1. The van der Waals surface area contributed by atoms with Gasteiger partial charge in [0.05, 0.1) is 18.9 Å². The van der Waals surface area contributed by atoms with Crippen LogP contribution in [0.5, 0.6) is 11.5 Å². The Labute approximate surface area is 157 Å². The van der Waals surface area contributed by atoms with Gasteiger partial charge in [0.15, 0.2) is 0 Å². The summed E-state index contributed by atoms with van der Waals surface area (Å²) in [7, 11) is 1.62. The molecule has 0 saturated heterocycles. The quantitative estimate of drug-likeness (QED) is 0.517. The van der Waals surface area contributed by atoms with Gasteiger partial charge in [-0.05, 0) is 55.0 Å². The number of rotatable bonds is 9.